The van der Waals surface area contributed by atoms with Crippen molar-refractivity contribution in [1.29, 1.82) is 0 Å². The molecule has 0 radical (unpaired) electrons. The molecule has 0 spiro atoms. The van der Waals surface area contributed by atoms with Crippen LogP contribution in [0, 0.1) is 6.92 Å². The van der Waals surface area contributed by atoms with Crippen LogP contribution in [0.4, 0.5) is 11.4 Å². The van der Waals surface area contributed by atoms with Crippen molar-refractivity contribution in [2.45, 2.75) is 18.2 Å². The van der Waals surface area contributed by atoms with Crippen LogP contribution in [0.15, 0.2) is 17.0 Å². The maximum atomic E-state index is 11.4. The minimum atomic E-state index is -3.84. The highest BCUT2D eigenvalue weighted by atomic mass is 32.2. The zero-order chi connectivity index (χ0) is 14.6. The molecule has 0 saturated carbocycles. The van der Waals surface area contributed by atoms with Crippen molar-refractivity contribution < 1.29 is 17.9 Å². The van der Waals surface area contributed by atoms with E-state index in [1.807, 2.05) is 0 Å². The number of ether oxygens (including phenoxy) is 1. The summed E-state index contributed by atoms with van der Waals surface area (Å²) in [5, 5.41) is 8.04. The Morgan fingerprint density at radius 1 is 1.42 bits per heavy atom. The first-order chi connectivity index (χ1) is 8.75. The van der Waals surface area contributed by atoms with Crippen LogP contribution < -0.4 is 16.2 Å². The average molecular weight is 287 g/mol. The molecule has 5 N–H and O–H groups in total. The van der Waals surface area contributed by atoms with Crippen LogP contribution in [0.25, 0.3) is 0 Å². The summed E-state index contributed by atoms with van der Waals surface area (Å²) >= 11 is 0. The number of benzene rings is 1. The van der Waals surface area contributed by atoms with Crippen molar-refractivity contribution in [3.8, 4) is 0 Å². The highest BCUT2D eigenvalue weighted by Gasteiger charge is 2.15. The molecule has 1 rings (SSSR count). The molecule has 106 valence electrons. The van der Waals surface area contributed by atoms with Crippen LogP contribution in [-0.4, -0.2) is 28.0 Å². The summed E-state index contributed by atoms with van der Waals surface area (Å²) in [5.41, 5.74) is 6.89. The number of hydrogen-bond donors (Lipinski definition) is 3. The van der Waals surface area contributed by atoms with Crippen LogP contribution in [0.2, 0.25) is 0 Å². The first-order valence-corrected chi connectivity index (χ1v) is 7.04. The van der Waals surface area contributed by atoms with E-state index in [1.54, 1.807) is 13.0 Å². The predicted octanol–water partition coefficient (Wildman–Crippen LogP) is 0.200. The topological polar surface area (TPSA) is 125 Å². The van der Waals surface area contributed by atoms with Gasteiger partial charge < -0.3 is 15.8 Å². The van der Waals surface area contributed by atoms with Crippen molar-refractivity contribution in [3.63, 3.8) is 0 Å². The normalized spacial score (nSPS) is 11.1. The molecule has 7 nitrogen and oxygen atoms in total. The fraction of sp³-hybridized carbons (Fsp3) is 0.364. The number of hydrogen-bond acceptors (Lipinski definition) is 6. The number of nitrogen functional groups attached to an aromatic ring is 1. The number of sulfonamides is 1. The quantitative estimate of drug-likeness (QED) is 0.525. The summed E-state index contributed by atoms with van der Waals surface area (Å²) in [6.07, 6.45) is 0.162. The van der Waals surface area contributed by atoms with Crippen LogP contribution in [0.1, 0.15) is 12.0 Å². The number of primary sulfonamides is 1. The number of nitrogens with two attached hydrogens (primary N) is 2. The summed E-state index contributed by atoms with van der Waals surface area (Å²) in [7, 11) is -2.54. The van der Waals surface area contributed by atoms with Crippen molar-refractivity contribution in [3.05, 3.63) is 17.7 Å². The van der Waals surface area contributed by atoms with E-state index in [0.717, 1.165) is 0 Å². The molecule has 0 aromatic heterocycles. The van der Waals surface area contributed by atoms with Crippen LogP contribution in [-0.2, 0) is 19.6 Å². The Kier molecular flexibility index (Phi) is 4.73. The van der Waals surface area contributed by atoms with E-state index in [1.165, 1.54) is 13.2 Å². The van der Waals surface area contributed by atoms with Crippen LogP contribution in [0.5, 0.6) is 0 Å². The van der Waals surface area contributed by atoms with Crippen LogP contribution >= 0.6 is 0 Å². The molecule has 8 heteroatoms. The van der Waals surface area contributed by atoms with Gasteiger partial charge in [-0.25, -0.2) is 13.6 Å². The minimum absolute atomic E-state index is 0.0342. The zero-order valence-corrected chi connectivity index (χ0v) is 11.6. The van der Waals surface area contributed by atoms with Crippen molar-refractivity contribution in [1.82, 2.24) is 0 Å². The molecule has 1 aromatic carbocycles. The fourth-order valence-corrected chi connectivity index (χ4v) is 2.43. The molecule has 19 heavy (non-hydrogen) atoms. The fourth-order valence-electron chi connectivity index (χ4n) is 1.59. The zero-order valence-electron chi connectivity index (χ0n) is 10.8. The van der Waals surface area contributed by atoms with Crippen molar-refractivity contribution in [2.75, 3.05) is 24.7 Å². The van der Waals surface area contributed by atoms with Gasteiger partial charge in [-0.1, -0.05) is 0 Å². The second-order valence-corrected chi connectivity index (χ2v) is 5.52. The van der Waals surface area contributed by atoms with Gasteiger partial charge in [0.25, 0.3) is 0 Å². The van der Waals surface area contributed by atoms with Gasteiger partial charge in [-0.15, -0.1) is 0 Å². The molecule has 0 aliphatic carbocycles. The lowest BCUT2D eigenvalue weighted by atomic mass is 10.1. The molecule has 0 saturated heterocycles. The SMILES string of the molecule is COC(=O)CCNc1cc(N)cc(S(N)(=O)=O)c1C. The molecule has 0 bridgehead atoms. The highest BCUT2D eigenvalue weighted by molar-refractivity contribution is 7.89. The van der Waals surface area contributed by atoms with E-state index < -0.39 is 10.0 Å². The van der Waals surface area contributed by atoms with E-state index in [0.29, 0.717) is 17.8 Å². The summed E-state index contributed by atoms with van der Waals surface area (Å²) in [5.74, 6) is -0.360. The van der Waals surface area contributed by atoms with Crippen LogP contribution in [0.3, 0.4) is 0 Å². The highest BCUT2D eigenvalue weighted by Crippen LogP contribution is 2.25. The molecule has 0 amide bonds. The van der Waals surface area contributed by atoms with Gasteiger partial charge in [0.1, 0.15) is 0 Å². The van der Waals surface area contributed by atoms with Gasteiger partial charge in [-0.2, -0.15) is 0 Å². The number of esters is 1. The van der Waals surface area contributed by atoms with E-state index in [9.17, 15) is 13.2 Å². The molecule has 0 heterocycles. The minimum Gasteiger partial charge on any atom is -0.469 e. The summed E-state index contributed by atoms with van der Waals surface area (Å²) in [6, 6.07) is 2.89. The maximum absolute atomic E-state index is 11.4. The first kappa shape index (κ1) is 15.3. The molecular weight excluding hydrogens is 270 g/mol. The molecule has 0 unspecified atom stereocenters. The standard InChI is InChI=1S/C11H17N3O4S/c1-7-9(14-4-3-11(15)18-2)5-8(12)6-10(7)19(13,16)17/h5-6,14H,3-4,12H2,1-2H3,(H2,13,16,17). The van der Waals surface area contributed by atoms with Gasteiger partial charge in [0, 0.05) is 17.9 Å². The third kappa shape index (κ3) is 4.11. The average Bonchev–Trinajstić information content (AvgIpc) is 2.31. The monoisotopic (exact) mass is 287 g/mol. The molecule has 0 aliphatic rings. The second-order valence-electron chi connectivity index (χ2n) is 3.99. The Labute approximate surface area is 112 Å². The lowest BCUT2D eigenvalue weighted by molar-refractivity contribution is -0.140. The number of rotatable bonds is 5. The molecule has 1 aromatic rings. The van der Waals surface area contributed by atoms with Gasteiger partial charge in [-0.05, 0) is 24.6 Å². The lowest BCUT2D eigenvalue weighted by Gasteiger charge is -2.13. The first-order valence-electron chi connectivity index (χ1n) is 5.49. The van der Waals surface area contributed by atoms with E-state index >= 15 is 0 Å². The molecule has 0 aliphatic heterocycles. The molecule has 0 atom stereocenters. The number of nitrogens with one attached hydrogen (secondary N) is 1. The molecule has 0 fully saturated rings. The summed E-state index contributed by atoms with van der Waals surface area (Å²) < 4.78 is 27.3. The Morgan fingerprint density at radius 3 is 2.58 bits per heavy atom. The summed E-state index contributed by atoms with van der Waals surface area (Å²) in [6.45, 7) is 1.92. The van der Waals surface area contributed by atoms with E-state index in [4.69, 9.17) is 10.9 Å². The van der Waals surface area contributed by atoms with Crippen molar-refractivity contribution >= 4 is 27.4 Å². The summed E-state index contributed by atoms with van der Waals surface area (Å²) in [4.78, 5) is 10.9. The van der Waals surface area contributed by atoms with Gasteiger partial charge in [0.2, 0.25) is 10.0 Å². The molecular formula is C11H17N3O4S. The lowest BCUT2D eigenvalue weighted by Crippen LogP contribution is -2.16. The number of carbonyl (C=O) groups excluding carboxylic acids is 1. The Bertz CT molecular complexity index is 584. The van der Waals surface area contributed by atoms with E-state index in [-0.39, 0.29) is 23.0 Å². The third-order valence-electron chi connectivity index (χ3n) is 2.56. The second kappa shape index (κ2) is 5.89. The Balaban J connectivity index is 2.96. The Hall–Kier alpha value is -1.80. The van der Waals surface area contributed by atoms with Gasteiger partial charge >= 0.3 is 5.97 Å². The predicted molar refractivity (Wildman–Crippen MR) is 72.1 cm³/mol. The van der Waals surface area contributed by atoms with Gasteiger partial charge in [0.05, 0.1) is 18.4 Å². The third-order valence-corrected chi connectivity index (χ3v) is 3.60. The Morgan fingerprint density at radius 2 is 2.05 bits per heavy atom. The largest absolute Gasteiger partial charge is 0.469 e. The smallest absolute Gasteiger partial charge is 0.307 e. The van der Waals surface area contributed by atoms with E-state index in [2.05, 4.69) is 10.1 Å². The van der Waals surface area contributed by atoms with Crippen molar-refractivity contribution in [2.24, 2.45) is 5.14 Å². The maximum Gasteiger partial charge on any atom is 0.307 e. The van der Waals surface area contributed by atoms with Gasteiger partial charge in [0.15, 0.2) is 0 Å². The van der Waals surface area contributed by atoms with Gasteiger partial charge in [-0.3, -0.25) is 4.79 Å². The number of carbonyl (C=O) groups is 1. The number of methoxy groups -OCH3 is 1. The number of anilines is 2.